The summed E-state index contributed by atoms with van der Waals surface area (Å²) in [6, 6.07) is 7.01. The lowest BCUT2D eigenvalue weighted by atomic mass is 10.2. The summed E-state index contributed by atoms with van der Waals surface area (Å²) in [6.07, 6.45) is 4.27. The molecule has 3 aromatic rings. The molecular weight excluding hydrogens is 360 g/mol. The fourth-order valence-electron chi connectivity index (χ4n) is 2.51. The minimum Gasteiger partial charge on any atom is -0.502 e. The molecule has 1 aromatic carbocycles. The Kier molecular flexibility index (Phi) is 4.81. The van der Waals surface area contributed by atoms with Crippen molar-refractivity contribution in [3.8, 4) is 11.5 Å². The number of fused-ring (bicyclic) bond motifs is 1. The summed E-state index contributed by atoms with van der Waals surface area (Å²) >= 11 is 5.95. The molecule has 8 heteroatoms. The molecule has 0 atom stereocenters. The maximum atomic E-state index is 12.7. The molecule has 0 aliphatic rings. The Morgan fingerprint density at radius 3 is 2.73 bits per heavy atom. The van der Waals surface area contributed by atoms with Crippen molar-refractivity contribution < 1.29 is 14.6 Å². The van der Waals surface area contributed by atoms with Crippen molar-refractivity contribution >= 4 is 23.1 Å². The molecule has 0 amide bonds. The molecule has 0 radical (unpaired) electrons. The molecular formula is C18H15ClN2O5. The number of ether oxygens (including phenoxy) is 1. The highest BCUT2D eigenvalue weighted by Crippen LogP contribution is 2.16. The van der Waals surface area contributed by atoms with Crippen molar-refractivity contribution in [2.45, 2.75) is 19.9 Å². The number of carbonyl (C=O) groups is 1. The number of esters is 1. The molecule has 0 saturated carbocycles. The van der Waals surface area contributed by atoms with E-state index in [0.717, 1.165) is 5.56 Å². The van der Waals surface area contributed by atoms with Gasteiger partial charge in [-0.2, -0.15) is 0 Å². The second-order valence-electron chi connectivity index (χ2n) is 5.62. The van der Waals surface area contributed by atoms with E-state index in [1.165, 1.54) is 27.6 Å². The third-order valence-electron chi connectivity index (χ3n) is 3.80. The van der Waals surface area contributed by atoms with E-state index in [2.05, 4.69) is 0 Å². The third-order valence-corrected chi connectivity index (χ3v) is 4.04. The predicted octanol–water partition coefficient (Wildman–Crippen LogP) is 2.18. The average molecular weight is 375 g/mol. The normalized spacial score (nSPS) is 10.8. The molecule has 2 heterocycles. The zero-order chi connectivity index (χ0) is 18.8. The number of nitrogens with zero attached hydrogens (tertiary/aromatic N) is 2. The van der Waals surface area contributed by atoms with Gasteiger partial charge in [-0.1, -0.05) is 30.7 Å². The zero-order valence-electron chi connectivity index (χ0n) is 13.8. The van der Waals surface area contributed by atoms with E-state index in [9.17, 15) is 19.5 Å². The summed E-state index contributed by atoms with van der Waals surface area (Å²) in [4.78, 5) is 36.3. The minimum atomic E-state index is -0.913. The van der Waals surface area contributed by atoms with Gasteiger partial charge in [0.2, 0.25) is 0 Å². The Morgan fingerprint density at radius 2 is 2.04 bits per heavy atom. The first-order valence-electron chi connectivity index (χ1n) is 7.83. The van der Waals surface area contributed by atoms with Gasteiger partial charge in [-0.3, -0.25) is 14.4 Å². The maximum absolute atomic E-state index is 12.7. The van der Waals surface area contributed by atoms with Gasteiger partial charge in [-0.05, 0) is 17.7 Å². The van der Waals surface area contributed by atoms with Gasteiger partial charge in [-0.25, -0.2) is 0 Å². The largest absolute Gasteiger partial charge is 0.502 e. The first-order chi connectivity index (χ1) is 12.4. The van der Waals surface area contributed by atoms with Crippen molar-refractivity contribution in [1.82, 2.24) is 8.97 Å². The molecule has 0 bridgehead atoms. The molecule has 26 heavy (non-hydrogen) atoms. The number of benzene rings is 1. The Balaban J connectivity index is 2.10. The van der Waals surface area contributed by atoms with E-state index < -0.39 is 22.7 Å². The Morgan fingerprint density at radius 1 is 1.27 bits per heavy atom. The number of hydrogen-bond acceptors (Lipinski definition) is 5. The van der Waals surface area contributed by atoms with Crippen molar-refractivity contribution in [3.63, 3.8) is 0 Å². The van der Waals surface area contributed by atoms with Crippen LogP contribution in [0.4, 0.5) is 0 Å². The molecule has 1 N–H and O–H groups in total. The van der Waals surface area contributed by atoms with Gasteiger partial charge in [0.1, 0.15) is 0 Å². The molecule has 7 nitrogen and oxygen atoms in total. The highest BCUT2D eigenvalue weighted by atomic mass is 35.5. The summed E-state index contributed by atoms with van der Waals surface area (Å²) in [7, 11) is 0. The lowest BCUT2D eigenvalue weighted by Crippen LogP contribution is -2.25. The summed E-state index contributed by atoms with van der Waals surface area (Å²) in [5, 5.41) is 10.7. The van der Waals surface area contributed by atoms with Crippen LogP contribution in [0, 0.1) is 0 Å². The van der Waals surface area contributed by atoms with Crippen LogP contribution in [0.1, 0.15) is 18.9 Å². The van der Waals surface area contributed by atoms with Crippen LogP contribution in [-0.2, 0) is 11.3 Å². The molecule has 0 saturated heterocycles. The lowest BCUT2D eigenvalue weighted by Gasteiger charge is -2.11. The van der Waals surface area contributed by atoms with E-state index in [0.29, 0.717) is 5.02 Å². The van der Waals surface area contributed by atoms with Crippen molar-refractivity contribution in [2.24, 2.45) is 0 Å². The van der Waals surface area contributed by atoms with Crippen LogP contribution in [-0.4, -0.2) is 20.0 Å². The average Bonchev–Trinajstić information content (AvgIpc) is 2.61. The van der Waals surface area contributed by atoms with Crippen LogP contribution in [0.3, 0.4) is 0 Å². The van der Waals surface area contributed by atoms with E-state index in [4.69, 9.17) is 16.3 Å². The maximum Gasteiger partial charge on any atom is 0.311 e. The summed E-state index contributed by atoms with van der Waals surface area (Å²) < 4.78 is 7.51. The van der Waals surface area contributed by atoms with Crippen LogP contribution in [0.5, 0.6) is 11.5 Å². The van der Waals surface area contributed by atoms with Crippen LogP contribution in [0.15, 0.2) is 52.4 Å². The Hall–Kier alpha value is -3.06. The zero-order valence-corrected chi connectivity index (χ0v) is 14.6. The number of aromatic hydroxyl groups is 1. The van der Waals surface area contributed by atoms with Gasteiger partial charge in [-0.15, -0.1) is 0 Å². The number of aromatic nitrogens is 2. The van der Waals surface area contributed by atoms with Gasteiger partial charge in [0.05, 0.1) is 12.7 Å². The van der Waals surface area contributed by atoms with Crippen LogP contribution < -0.4 is 15.7 Å². The molecule has 134 valence electrons. The second-order valence-corrected chi connectivity index (χ2v) is 6.05. The quantitative estimate of drug-likeness (QED) is 0.707. The standard InChI is InChI=1S/C18H15ClN2O5/c1-2-14(22)26-13-10-20-6-7-21(9-11-4-3-5-12(19)8-11)18(25)15(20)17(24)16(13)23/h3-8,10,24H,2,9H2,1H3. The Bertz CT molecular complexity index is 1120. The fraction of sp³-hybridized carbons (Fsp3) is 0.167. The van der Waals surface area contributed by atoms with Gasteiger partial charge >= 0.3 is 5.97 Å². The van der Waals surface area contributed by atoms with E-state index in [1.54, 1.807) is 25.1 Å². The highest BCUT2D eigenvalue weighted by Gasteiger charge is 2.17. The monoisotopic (exact) mass is 374 g/mol. The summed E-state index contributed by atoms with van der Waals surface area (Å²) in [5.41, 5.74) is -0.880. The van der Waals surface area contributed by atoms with Gasteiger partial charge in [0, 0.05) is 23.8 Å². The number of hydrogen-bond donors (Lipinski definition) is 1. The second kappa shape index (κ2) is 7.05. The number of halogens is 1. The third kappa shape index (κ3) is 3.34. The van der Waals surface area contributed by atoms with Crippen molar-refractivity contribution in [2.75, 3.05) is 0 Å². The van der Waals surface area contributed by atoms with Crippen LogP contribution in [0.25, 0.3) is 5.52 Å². The molecule has 0 fully saturated rings. The van der Waals surface area contributed by atoms with Gasteiger partial charge in [0.15, 0.2) is 17.0 Å². The van der Waals surface area contributed by atoms with E-state index in [-0.39, 0.29) is 24.2 Å². The molecule has 0 aliphatic heterocycles. The van der Waals surface area contributed by atoms with E-state index >= 15 is 0 Å². The highest BCUT2D eigenvalue weighted by molar-refractivity contribution is 6.30. The van der Waals surface area contributed by atoms with Gasteiger partial charge in [0.25, 0.3) is 11.0 Å². The number of rotatable bonds is 4. The SMILES string of the molecule is CCC(=O)Oc1cn2ccn(Cc3cccc(Cl)c3)c(=O)c2c(O)c1=O. The van der Waals surface area contributed by atoms with E-state index in [1.807, 2.05) is 6.07 Å². The lowest BCUT2D eigenvalue weighted by molar-refractivity contribution is -0.134. The summed E-state index contributed by atoms with van der Waals surface area (Å²) in [5.74, 6) is -1.72. The first kappa shape index (κ1) is 17.8. The van der Waals surface area contributed by atoms with Crippen molar-refractivity contribution in [3.05, 3.63) is 74.0 Å². The smallest absolute Gasteiger partial charge is 0.311 e. The number of carbonyl (C=O) groups excluding carboxylic acids is 1. The molecule has 0 spiro atoms. The Labute approximate surface area is 152 Å². The molecule has 0 unspecified atom stereocenters. The van der Waals surface area contributed by atoms with Crippen LogP contribution >= 0.6 is 11.6 Å². The van der Waals surface area contributed by atoms with Crippen molar-refractivity contribution in [1.29, 1.82) is 0 Å². The predicted molar refractivity (Wildman–Crippen MR) is 96.1 cm³/mol. The summed E-state index contributed by atoms with van der Waals surface area (Å²) in [6.45, 7) is 1.80. The molecule has 3 rings (SSSR count). The van der Waals surface area contributed by atoms with Crippen LogP contribution in [0.2, 0.25) is 5.02 Å². The molecule has 2 aromatic heterocycles. The topological polar surface area (TPSA) is 90.0 Å². The molecule has 0 aliphatic carbocycles. The minimum absolute atomic E-state index is 0.0735. The first-order valence-corrected chi connectivity index (χ1v) is 8.21. The fourth-order valence-corrected chi connectivity index (χ4v) is 2.72. The number of pyridine rings is 1. The van der Waals surface area contributed by atoms with Gasteiger partial charge < -0.3 is 18.8 Å².